The molecule has 0 aliphatic carbocycles. The van der Waals surface area contributed by atoms with E-state index in [9.17, 15) is 9.90 Å². The van der Waals surface area contributed by atoms with Crippen molar-refractivity contribution in [3.05, 3.63) is 29.3 Å². The van der Waals surface area contributed by atoms with Gasteiger partial charge >= 0.3 is 13.1 Å². The Hall–Kier alpha value is -1.39. The van der Waals surface area contributed by atoms with Crippen molar-refractivity contribution in [3.8, 4) is 0 Å². The molecule has 1 unspecified atom stereocenters. The van der Waals surface area contributed by atoms with Gasteiger partial charge in [0, 0.05) is 23.8 Å². The Kier molecular flexibility index (Phi) is 8.51. The molecule has 28 heavy (non-hydrogen) atoms. The van der Waals surface area contributed by atoms with Gasteiger partial charge in [-0.15, -0.1) is 0 Å². The second kappa shape index (κ2) is 10.4. The lowest BCUT2D eigenvalue weighted by Crippen LogP contribution is -2.57. The minimum Gasteiger partial charge on any atom is -0.480 e. The van der Waals surface area contributed by atoms with E-state index in [4.69, 9.17) is 39.6 Å². The molecule has 1 aromatic rings. The van der Waals surface area contributed by atoms with Crippen LogP contribution in [0.25, 0.3) is 0 Å². The summed E-state index contributed by atoms with van der Waals surface area (Å²) in [5, 5.41) is 32.0. The van der Waals surface area contributed by atoms with Crippen LogP contribution in [0.4, 0.5) is 5.69 Å². The van der Waals surface area contributed by atoms with Crippen LogP contribution < -0.4 is 11.1 Å². The third kappa shape index (κ3) is 6.32. The summed E-state index contributed by atoms with van der Waals surface area (Å²) < 4.78 is 0. The van der Waals surface area contributed by atoms with Crippen LogP contribution in [0, 0.1) is 5.92 Å². The number of aliphatic carboxylic acids is 1. The number of nitrogens with two attached hydrogens (primary N) is 1. The maximum atomic E-state index is 11.8. The predicted octanol–water partition coefficient (Wildman–Crippen LogP) is 2.17. The number of nitrogens with one attached hydrogen (secondary N) is 1. The number of rotatable bonds is 8. The van der Waals surface area contributed by atoms with Gasteiger partial charge in [-0.3, -0.25) is 4.79 Å². The van der Waals surface area contributed by atoms with Crippen LogP contribution in [0.5, 0.6) is 0 Å². The number of piperidine rings is 1. The molecule has 1 aromatic carbocycles. The van der Waals surface area contributed by atoms with Gasteiger partial charge in [0.15, 0.2) is 5.11 Å². The molecule has 2 rings (SSSR count). The molecule has 0 bridgehead atoms. The highest BCUT2D eigenvalue weighted by Crippen LogP contribution is 2.31. The summed E-state index contributed by atoms with van der Waals surface area (Å²) in [6.45, 7) is 1.26. The fourth-order valence-electron chi connectivity index (χ4n) is 3.56. The van der Waals surface area contributed by atoms with Crippen LogP contribution in [0.2, 0.25) is 11.3 Å². The lowest BCUT2D eigenvalue weighted by molar-refractivity contribution is -0.146. The average Bonchev–Trinajstić information content (AvgIpc) is 2.66. The van der Waals surface area contributed by atoms with E-state index in [0.29, 0.717) is 55.3 Å². The number of thiocarbonyl (C=S) groups is 1. The predicted molar refractivity (Wildman–Crippen MR) is 115 cm³/mol. The number of benzene rings is 1. The highest BCUT2D eigenvalue weighted by Gasteiger charge is 2.43. The molecule has 10 heteroatoms. The molecule has 1 aliphatic heterocycles. The summed E-state index contributed by atoms with van der Waals surface area (Å²) in [6.07, 6.45) is 2.86. The van der Waals surface area contributed by atoms with Gasteiger partial charge in [0.25, 0.3) is 0 Å². The standard InChI is InChI=1S/C18H27BClN3O4S/c20-14-3-5-15(6-4-14)22-17(28)23-11-7-13(8-12-23)18(21,16(24)25)9-1-2-10-19(26)27/h3-6,13,26-27H,1-2,7-12,21H2,(H,22,28)(H,24,25). The Balaban J connectivity index is 1.87. The Labute approximate surface area is 176 Å². The molecule has 1 aliphatic rings. The fourth-order valence-corrected chi connectivity index (χ4v) is 3.99. The Morgan fingerprint density at radius 3 is 2.43 bits per heavy atom. The van der Waals surface area contributed by atoms with Gasteiger partial charge in [0.2, 0.25) is 0 Å². The van der Waals surface area contributed by atoms with Gasteiger partial charge in [0.1, 0.15) is 5.54 Å². The van der Waals surface area contributed by atoms with Gasteiger partial charge in [0.05, 0.1) is 0 Å². The van der Waals surface area contributed by atoms with Crippen molar-refractivity contribution in [2.24, 2.45) is 11.7 Å². The first-order chi connectivity index (χ1) is 13.2. The molecule has 6 N–H and O–H groups in total. The minimum atomic E-state index is -1.37. The maximum Gasteiger partial charge on any atom is 0.451 e. The minimum absolute atomic E-state index is 0.154. The van der Waals surface area contributed by atoms with Gasteiger partial charge in [-0.2, -0.15) is 0 Å². The Morgan fingerprint density at radius 1 is 1.29 bits per heavy atom. The average molecular weight is 428 g/mol. The highest BCUT2D eigenvalue weighted by atomic mass is 35.5. The summed E-state index contributed by atoms with van der Waals surface area (Å²) in [5.41, 5.74) is 5.83. The monoisotopic (exact) mass is 427 g/mol. The van der Waals surface area contributed by atoms with Crippen LogP contribution in [-0.2, 0) is 4.79 Å². The lowest BCUT2D eigenvalue weighted by Gasteiger charge is -2.40. The lowest BCUT2D eigenvalue weighted by atomic mass is 9.74. The summed E-state index contributed by atoms with van der Waals surface area (Å²) in [5.74, 6) is -1.16. The van der Waals surface area contributed by atoms with Crippen LogP contribution in [0.15, 0.2) is 24.3 Å². The number of likely N-dealkylation sites (tertiary alicyclic amines) is 1. The van der Waals surface area contributed by atoms with Crippen molar-refractivity contribution in [2.45, 2.75) is 44.0 Å². The van der Waals surface area contributed by atoms with E-state index < -0.39 is 18.6 Å². The van der Waals surface area contributed by atoms with E-state index in [0.717, 1.165) is 5.69 Å². The van der Waals surface area contributed by atoms with E-state index in [1.807, 2.05) is 17.0 Å². The van der Waals surface area contributed by atoms with Crippen molar-refractivity contribution < 1.29 is 19.9 Å². The number of carboxylic acids is 1. The zero-order valence-electron chi connectivity index (χ0n) is 15.7. The molecule has 1 saturated heterocycles. The summed E-state index contributed by atoms with van der Waals surface area (Å²) in [6, 6.07) is 7.26. The van der Waals surface area contributed by atoms with E-state index in [1.165, 1.54) is 0 Å². The van der Waals surface area contributed by atoms with Crippen molar-refractivity contribution >= 4 is 47.7 Å². The quantitative estimate of drug-likeness (QED) is 0.243. The van der Waals surface area contributed by atoms with Gasteiger partial charge in [-0.25, -0.2) is 0 Å². The highest BCUT2D eigenvalue weighted by molar-refractivity contribution is 7.80. The fraction of sp³-hybridized carbons (Fsp3) is 0.556. The van der Waals surface area contributed by atoms with Crippen LogP contribution in [0.1, 0.15) is 32.1 Å². The third-order valence-electron chi connectivity index (χ3n) is 5.31. The molecule has 0 radical (unpaired) electrons. The van der Waals surface area contributed by atoms with Crippen molar-refractivity contribution in [1.82, 2.24) is 4.90 Å². The van der Waals surface area contributed by atoms with E-state index in [1.54, 1.807) is 12.1 Å². The molecule has 0 amide bonds. The normalized spacial score (nSPS) is 17.1. The molecule has 0 saturated carbocycles. The number of hydrogen-bond acceptors (Lipinski definition) is 5. The second-order valence-corrected chi connectivity index (χ2v) is 8.09. The zero-order chi connectivity index (χ0) is 20.7. The number of anilines is 1. The van der Waals surface area contributed by atoms with Crippen molar-refractivity contribution in [2.75, 3.05) is 18.4 Å². The number of hydrogen-bond donors (Lipinski definition) is 5. The molecular weight excluding hydrogens is 401 g/mol. The first-order valence-corrected chi connectivity index (χ1v) is 10.2. The topological polar surface area (TPSA) is 119 Å². The molecule has 0 aromatic heterocycles. The Morgan fingerprint density at radius 2 is 1.89 bits per heavy atom. The third-order valence-corrected chi connectivity index (χ3v) is 5.92. The molecule has 7 nitrogen and oxygen atoms in total. The van der Waals surface area contributed by atoms with Crippen molar-refractivity contribution in [3.63, 3.8) is 0 Å². The van der Waals surface area contributed by atoms with Crippen LogP contribution in [-0.4, -0.2) is 56.9 Å². The maximum absolute atomic E-state index is 11.8. The first kappa shape index (κ1) is 22.9. The zero-order valence-corrected chi connectivity index (χ0v) is 17.3. The van der Waals surface area contributed by atoms with Gasteiger partial charge in [-0.1, -0.05) is 24.4 Å². The number of nitrogens with zero attached hydrogens (tertiary/aromatic N) is 1. The smallest absolute Gasteiger partial charge is 0.451 e. The van der Waals surface area contributed by atoms with E-state index in [2.05, 4.69) is 5.32 Å². The van der Waals surface area contributed by atoms with Crippen LogP contribution in [0.3, 0.4) is 0 Å². The molecular formula is C18H27BClN3O4S. The number of halogens is 1. The molecule has 1 atom stereocenters. The van der Waals surface area contributed by atoms with Crippen molar-refractivity contribution in [1.29, 1.82) is 0 Å². The van der Waals surface area contributed by atoms with Gasteiger partial charge < -0.3 is 31.1 Å². The number of carbonyl (C=O) groups is 1. The molecule has 0 spiro atoms. The number of unbranched alkanes of at least 4 members (excludes halogenated alkanes) is 1. The largest absolute Gasteiger partial charge is 0.480 e. The van der Waals surface area contributed by atoms with E-state index in [-0.39, 0.29) is 12.2 Å². The summed E-state index contributed by atoms with van der Waals surface area (Å²) >= 11 is 11.4. The van der Waals surface area contributed by atoms with Gasteiger partial charge in [-0.05, 0) is 68.0 Å². The Bertz CT molecular complexity index is 671. The molecule has 1 heterocycles. The summed E-state index contributed by atoms with van der Waals surface area (Å²) in [7, 11) is -1.37. The number of carboxylic acid groups (broad SMARTS) is 1. The summed E-state index contributed by atoms with van der Waals surface area (Å²) in [4.78, 5) is 13.9. The SMILES string of the molecule is NC(CCCCB(O)O)(C(=O)O)C1CCN(C(=S)Nc2ccc(Cl)cc2)CC1. The molecule has 154 valence electrons. The van der Waals surface area contributed by atoms with Crippen LogP contribution >= 0.6 is 23.8 Å². The molecule has 1 fully saturated rings. The van der Waals surface area contributed by atoms with E-state index >= 15 is 0 Å². The second-order valence-electron chi connectivity index (χ2n) is 7.27. The first-order valence-electron chi connectivity index (χ1n) is 9.42.